The lowest BCUT2D eigenvalue weighted by atomic mass is 10.2. The summed E-state index contributed by atoms with van der Waals surface area (Å²) in [5, 5.41) is 3.33. The minimum absolute atomic E-state index is 0.198. The van der Waals surface area contributed by atoms with Crippen LogP contribution in [0.15, 0.2) is 0 Å². The van der Waals surface area contributed by atoms with Gasteiger partial charge in [-0.15, -0.1) is 0 Å². The molecule has 0 aromatic carbocycles. The van der Waals surface area contributed by atoms with Crippen molar-refractivity contribution in [3.63, 3.8) is 0 Å². The molecule has 0 radical (unpaired) electrons. The summed E-state index contributed by atoms with van der Waals surface area (Å²) in [6.45, 7) is 4.95. The zero-order chi connectivity index (χ0) is 10.6. The van der Waals surface area contributed by atoms with Gasteiger partial charge in [0.25, 0.3) is 0 Å². The van der Waals surface area contributed by atoms with Crippen LogP contribution in [0.2, 0.25) is 0 Å². The third-order valence-corrected chi connectivity index (χ3v) is 4.89. The summed E-state index contributed by atoms with van der Waals surface area (Å²) in [5.74, 6) is 0.702. The Morgan fingerprint density at radius 3 is 2.79 bits per heavy atom. The normalized spacial score (nSPS) is 28.6. The molecule has 4 heteroatoms. The van der Waals surface area contributed by atoms with E-state index in [1.54, 1.807) is 0 Å². The average molecular weight is 219 g/mol. The SMILES string of the molecule is CNC(C)C(C)S(=O)CC1CCCO1. The van der Waals surface area contributed by atoms with Gasteiger partial charge in [-0.2, -0.15) is 0 Å². The third-order valence-electron chi connectivity index (χ3n) is 2.95. The molecule has 4 unspecified atom stereocenters. The number of nitrogens with one attached hydrogen (secondary N) is 1. The van der Waals surface area contributed by atoms with Crippen molar-refractivity contribution >= 4 is 10.8 Å². The van der Waals surface area contributed by atoms with Crippen molar-refractivity contribution in [1.82, 2.24) is 5.32 Å². The Labute approximate surface area is 89.1 Å². The minimum atomic E-state index is -0.772. The second kappa shape index (κ2) is 5.83. The van der Waals surface area contributed by atoms with Crippen LogP contribution in [0.4, 0.5) is 0 Å². The highest BCUT2D eigenvalue weighted by Gasteiger charge is 2.23. The van der Waals surface area contributed by atoms with E-state index in [2.05, 4.69) is 12.2 Å². The lowest BCUT2D eigenvalue weighted by Crippen LogP contribution is -2.38. The maximum Gasteiger partial charge on any atom is 0.0691 e. The molecule has 14 heavy (non-hydrogen) atoms. The highest BCUT2D eigenvalue weighted by atomic mass is 32.2. The van der Waals surface area contributed by atoms with Crippen molar-refractivity contribution in [2.75, 3.05) is 19.4 Å². The van der Waals surface area contributed by atoms with Crippen LogP contribution in [0.25, 0.3) is 0 Å². The van der Waals surface area contributed by atoms with Crippen LogP contribution < -0.4 is 5.32 Å². The number of ether oxygens (including phenoxy) is 1. The highest BCUT2D eigenvalue weighted by Crippen LogP contribution is 2.15. The maximum absolute atomic E-state index is 11.9. The minimum Gasteiger partial charge on any atom is -0.377 e. The predicted octanol–water partition coefficient (Wildman–Crippen LogP) is 0.910. The molecule has 0 amide bonds. The second-order valence-corrected chi connectivity index (χ2v) is 5.80. The topological polar surface area (TPSA) is 38.3 Å². The lowest BCUT2D eigenvalue weighted by molar-refractivity contribution is 0.128. The van der Waals surface area contributed by atoms with E-state index in [1.165, 1.54) is 0 Å². The van der Waals surface area contributed by atoms with Crippen molar-refractivity contribution in [1.29, 1.82) is 0 Å². The first kappa shape index (κ1) is 12.1. The fourth-order valence-corrected chi connectivity index (χ4v) is 3.10. The first-order valence-corrected chi connectivity index (χ1v) is 6.69. The Bertz CT molecular complexity index is 193. The van der Waals surface area contributed by atoms with Crippen molar-refractivity contribution in [2.24, 2.45) is 0 Å². The molecular formula is C10H21NO2S. The van der Waals surface area contributed by atoms with Gasteiger partial charge in [0.05, 0.1) is 11.9 Å². The van der Waals surface area contributed by atoms with Crippen LogP contribution in [0, 0.1) is 0 Å². The van der Waals surface area contributed by atoms with Crippen molar-refractivity contribution < 1.29 is 8.95 Å². The van der Waals surface area contributed by atoms with Crippen LogP contribution in [0.1, 0.15) is 26.7 Å². The second-order valence-electron chi connectivity index (χ2n) is 3.96. The van der Waals surface area contributed by atoms with E-state index >= 15 is 0 Å². The summed E-state index contributed by atoms with van der Waals surface area (Å²) in [5.41, 5.74) is 0. The quantitative estimate of drug-likeness (QED) is 0.747. The van der Waals surface area contributed by atoms with Gasteiger partial charge in [0, 0.05) is 28.7 Å². The van der Waals surface area contributed by atoms with Gasteiger partial charge in [-0.05, 0) is 33.7 Å². The van der Waals surface area contributed by atoms with Crippen LogP contribution in [-0.2, 0) is 15.5 Å². The monoisotopic (exact) mass is 219 g/mol. The molecule has 1 aliphatic rings. The molecule has 1 rings (SSSR count). The smallest absolute Gasteiger partial charge is 0.0691 e. The van der Waals surface area contributed by atoms with Gasteiger partial charge >= 0.3 is 0 Å². The van der Waals surface area contributed by atoms with E-state index in [0.717, 1.165) is 19.4 Å². The molecule has 4 atom stereocenters. The standard InChI is InChI=1S/C10H21NO2S/c1-8(11-3)9(2)14(12)7-10-5-4-6-13-10/h8-11H,4-7H2,1-3H3. The summed E-state index contributed by atoms with van der Waals surface area (Å²) in [7, 11) is 1.14. The van der Waals surface area contributed by atoms with E-state index in [9.17, 15) is 4.21 Å². The molecule has 0 saturated carbocycles. The Morgan fingerprint density at radius 1 is 1.57 bits per heavy atom. The summed E-state index contributed by atoms with van der Waals surface area (Å²) in [6, 6.07) is 0.303. The van der Waals surface area contributed by atoms with Crippen molar-refractivity contribution in [3.05, 3.63) is 0 Å². The Hall–Kier alpha value is 0.0700. The largest absolute Gasteiger partial charge is 0.377 e. The summed E-state index contributed by atoms with van der Waals surface area (Å²) in [6.07, 6.45) is 2.44. The van der Waals surface area contributed by atoms with Gasteiger partial charge in [0.2, 0.25) is 0 Å². The molecule has 1 fully saturated rings. The Balaban J connectivity index is 2.32. The molecule has 0 aliphatic carbocycles. The molecule has 1 heterocycles. The van der Waals surface area contributed by atoms with E-state index in [4.69, 9.17) is 4.74 Å². The van der Waals surface area contributed by atoms with E-state index in [0.29, 0.717) is 11.8 Å². The Morgan fingerprint density at radius 2 is 2.29 bits per heavy atom. The average Bonchev–Trinajstić information content (AvgIpc) is 2.68. The van der Waals surface area contributed by atoms with Crippen LogP contribution in [0.3, 0.4) is 0 Å². The molecule has 84 valence electrons. The van der Waals surface area contributed by atoms with Gasteiger partial charge in [-0.1, -0.05) is 0 Å². The van der Waals surface area contributed by atoms with Gasteiger partial charge in [0.15, 0.2) is 0 Å². The van der Waals surface area contributed by atoms with Crippen molar-refractivity contribution in [2.45, 2.75) is 44.1 Å². The van der Waals surface area contributed by atoms with Gasteiger partial charge in [-0.25, -0.2) is 0 Å². The summed E-state index contributed by atoms with van der Waals surface area (Å²) in [4.78, 5) is 0. The van der Waals surface area contributed by atoms with Crippen LogP contribution >= 0.6 is 0 Å². The maximum atomic E-state index is 11.9. The number of hydrogen-bond acceptors (Lipinski definition) is 3. The molecule has 0 bridgehead atoms. The first-order chi connectivity index (χ1) is 6.65. The molecule has 1 aliphatic heterocycles. The fourth-order valence-electron chi connectivity index (χ4n) is 1.57. The van der Waals surface area contributed by atoms with E-state index in [-0.39, 0.29) is 11.4 Å². The number of hydrogen-bond donors (Lipinski definition) is 1. The third kappa shape index (κ3) is 3.33. The predicted molar refractivity (Wildman–Crippen MR) is 60.0 cm³/mol. The first-order valence-electron chi connectivity index (χ1n) is 5.31. The zero-order valence-electron chi connectivity index (χ0n) is 9.29. The molecule has 1 N–H and O–H groups in total. The summed E-state index contributed by atoms with van der Waals surface area (Å²) >= 11 is 0. The van der Waals surface area contributed by atoms with Gasteiger partial charge in [0.1, 0.15) is 0 Å². The van der Waals surface area contributed by atoms with Crippen LogP contribution in [-0.4, -0.2) is 41.0 Å². The molecule has 0 aromatic heterocycles. The molecule has 0 spiro atoms. The van der Waals surface area contributed by atoms with Gasteiger partial charge < -0.3 is 10.1 Å². The Kier molecular flexibility index (Phi) is 5.06. The molecule has 3 nitrogen and oxygen atoms in total. The zero-order valence-corrected chi connectivity index (χ0v) is 10.1. The highest BCUT2D eigenvalue weighted by molar-refractivity contribution is 7.85. The fraction of sp³-hybridized carbons (Fsp3) is 1.00. The summed E-state index contributed by atoms with van der Waals surface area (Å²) < 4.78 is 17.4. The molecular weight excluding hydrogens is 198 g/mol. The molecule has 1 saturated heterocycles. The van der Waals surface area contributed by atoms with Crippen LogP contribution in [0.5, 0.6) is 0 Å². The number of rotatable bonds is 5. The van der Waals surface area contributed by atoms with Crippen molar-refractivity contribution in [3.8, 4) is 0 Å². The van der Waals surface area contributed by atoms with E-state index in [1.807, 2.05) is 14.0 Å². The van der Waals surface area contributed by atoms with Gasteiger partial charge in [-0.3, -0.25) is 4.21 Å². The lowest BCUT2D eigenvalue weighted by Gasteiger charge is -2.20. The van der Waals surface area contributed by atoms with E-state index < -0.39 is 10.8 Å². The molecule has 0 aromatic rings.